The monoisotopic (exact) mass is 346 g/mol. The van der Waals surface area contributed by atoms with E-state index in [1.807, 2.05) is 0 Å². The van der Waals surface area contributed by atoms with Crippen LogP contribution in [0, 0.1) is 0 Å². The lowest BCUT2D eigenvalue weighted by atomic mass is 10.1. The van der Waals surface area contributed by atoms with Crippen LogP contribution in [0.5, 0.6) is 11.5 Å². The number of benzene rings is 2. The van der Waals surface area contributed by atoms with E-state index in [1.54, 1.807) is 30.3 Å². The number of ether oxygens (including phenoxy) is 2. The Kier molecular flexibility index (Phi) is 4.57. The maximum Gasteiger partial charge on any atom is 0.255 e. The standard InChI is InChI=1S/C17H15ClN2O4/c18-13-8-11(9-14-15(13)24-7-1-6-23-14)17(22)20-12-4-2-10(3-5-12)16(19)21/h2-5,8-9H,1,6-7H2,(H2,19,21)(H,20,22). The van der Waals surface area contributed by atoms with Gasteiger partial charge in [0.05, 0.1) is 18.2 Å². The van der Waals surface area contributed by atoms with E-state index >= 15 is 0 Å². The van der Waals surface area contributed by atoms with Crippen LogP contribution in [-0.4, -0.2) is 25.0 Å². The number of nitrogens with two attached hydrogens (primary N) is 1. The van der Waals surface area contributed by atoms with E-state index < -0.39 is 5.91 Å². The highest BCUT2D eigenvalue weighted by atomic mass is 35.5. The van der Waals surface area contributed by atoms with Crippen molar-refractivity contribution in [2.75, 3.05) is 18.5 Å². The van der Waals surface area contributed by atoms with Crippen LogP contribution in [0.25, 0.3) is 0 Å². The summed E-state index contributed by atoms with van der Waals surface area (Å²) in [4.78, 5) is 23.5. The maximum absolute atomic E-state index is 12.4. The molecule has 2 aromatic carbocycles. The summed E-state index contributed by atoms with van der Waals surface area (Å²) in [5.41, 5.74) is 6.44. The van der Waals surface area contributed by atoms with Gasteiger partial charge >= 0.3 is 0 Å². The number of carbonyl (C=O) groups excluding carboxylic acids is 2. The van der Waals surface area contributed by atoms with Gasteiger partial charge < -0.3 is 20.5 Å². The molecule has 0 bridgehead atoms. The number of fused-ring (bicyclic) bond motifs is 1. The minimum atomic E-state index is -0.525. The first-order valence-electron chi connectivity index (χ1n) is 7.35. The van der Waals surface area contributed by atoms with Gasteiger partial charge in [-0.25, -0.2) is 0 Å². The van der Waals surface area contributed by atoms with Crippen molar-refractivity contribution in [3.63, 3.8) is 0 Å². The Morgan fingerprint density at radius 3 is 2.46 bits per heavy atom. The highest BCUT2D eigenvalue weighted by Crippen LogP contribution is 2.38. The molecule has 0 spiro atoms. The molecule has 2 amide bonds. The second kappa shape index (κ2) is 6.80. The quantitative estimate of drug-likeness (QED) is 0.894. The Morgan fingerprint density at radius 1 is 1.04 bits per heavy atom. The van der Waals surface area contributed by atoms with Gasteiger partial charge in [-0.05, 0) is 36.4 Å². The molecule has 124 valence electrons. The average Bonchev–Trinajstić information content (AvgIpc) is 2.81. The maximum atomic E-state index is 12.4. The Bertz CT molecular complexity index is 790. The second-order valence-corrected chi connectivity index (χ2v) is 5.64. The van der Waals surface area contributed by atoms with Crippen LogP contribution in [0.4, 0.5) is 5.69 Å². The van der Waals surface area contributed by atoms with Crippen LogP contribution in [0.2, 0.25) is 5.02 Å². The van der Waals surface area contributed by atoms with Gasteiger partial charge in [0, 0.05) is 23.2 Å². The Labute approximate surface area is 143 Å². The van der Waals surface area contributed by atoms with Crippen LogP contribution in [0.15, 0.2) is 36.4 Å². The van der Waals surface area contributed by atoms with Crippen molar-refractivity contribution >= 4 is 29.1 Å². The molecule has 3 rings (SSSR count). The Morgan fingerprint density at radius 2 is 1.75 bits per heavy atom. The second-order valence-electron chi connectivity index (χ2n) is 5.23. The van der Waals surface area contributed by atoms with E-state index in [9.17, 15) is 9.59 Å². The van der Waals surface area contributed by atoms with Crippen molar-refractivity contribution < 1.29 is 19.1 Å². The van der Waals surface area contributed by atoms with E-state index in [0.29, 0.717) is 46.5 Å². The van der Waals surface area contributed by atoms with Crippen molar-refractivity contribution in [2.45, 2.75) is 6.42 Å². The van der Waals surface area contributed by atoms with Crippen molar-refractivity contribution in [2.24, 2.45) is 5.73 Å². The van der Waals surface area contributed by atoms with Gasteiger partial charge in [-0.1, -0.05) is 11.6 Å². The summed E-state index contributed by atoms with van der Waals surface area (Å²) in [6.07, 6.45) is 0.749. The van der Waals surface area contributed by atoms with Gasteiger partial charge in [-0.15, -0.1) is 0 Å². The molecule has 0 atom stereocenters. The zero-order valence-electron chi connectivity index (χ0n) is 12.7. The summed E-state index contributed by atoms with van der Waals surface area (Å²) in [6, 6.07) is 9.41. The number of rotatable bonds is 3. The zero-order chi connectivity index (χ0) is 17.1. The van der Waals surface area contributed by atoms with E-state index in [0.717, 1.165) is 6.42 Å². The molecule has 0 aromatic heterocycles. The van der Waals surface area contributed by atoms with Crippen molar-refractivity contribution in [1.29, 1.82) is 0 Å². The first-order chi connectivity index (χ1) is 11.5. The molecule has 0 fully saturated rings. The molecule has 6 nitrogen and oxygen atoms in total. The molecule has 7 heteroatoms. The molecule has 2 aromatic rings. The fourth-order valence-electron chi connectivity index (χ4n) is 2.28. The summed E-state index contributed by atoms with van der Waals surface area (Å²) < 4.78 is 11.1. The lowest BCUT2D eigenvalue weighted by Crippen LogP contribution is -2.13. The molecule has 1 aliphatic heterocycles. The van der Waals surface area contributed by atoms with Gasteiger partial charge in [0.2, 0.25) is 5.91 Å². The molecule has 0 unspecified atom stereocenters. The predicted molar refractivity (Wildman–Crippen MR) is 90.0 cm³/mol. The number of halogens is 1. The lowest BCUT2D eigenvalue weighted by molar-refractivity contribution is 0.0998. The summed E-state index contributed by atoms with van der Waals surface area (Å²) in [5, 5.41) is 3.05. The molecule has 0 saturated carbocycles. The molecular formula is C17H15ClN2O4. The third-order valence-electron chi connectivity index (χ3n) is 3.49. The highest BCUT2D eigenvalue weighted by Gasteiger charge is 2.18. The van der Waals surface area contributed by atoms with E-state index in [2.05, 4.69) is 5.32 Å². The lowest BCUT2D eigenvalue weighted by Gasteiger charge is -2.12. The number of hydrogen-bond acceptors (Lipinski definition) is 4. The fourth-order valence-corrected chi connectivity index (χ4v) is 2.55. The van der Waals surface area contributed by atoms with Gasteiger partial charge in [-0.3, -0.25) is 9.59 Å². The van der Waals surface area contributed by atoms with Crippen LogP contribution < -0.4 is 20.5 Å². The highest BCUT2D eigenvalue weighted by molar-refractivity contribution is 6.32. The molecule has 0 radical (unpaired) electrons. The normalized spacial score (nSPS) is 13.0. The van der Waals surface area contributed by atoms with Crippen molar-refractivity contribution in [1.82, 2.24) is 0 Å². The first-order valence-corrected chi connectivity index (χ1v) is 7.73. The number of hydrogen-bond donors (Lipinski definition) is 2. The van der Waals surface area contributed by atoms with Crippen LogP contribution >= 0.6 is 11.6 Å². The largest absolute Gasteiger partial charge is 0.489 e. The minimum absolute atomic E-state index is 0.323. The van der Waals surface area contributed by atoms with E-state index in [1.165, 1.54) is 6.07 Å². The third kappa shape index (κ3) is 3.44. The Balaban J connectivity index is 1.81. The molecule has 1 aliphatic rings. The summed E-state index contributed by atoms with van der Waals surface area (Å²) in [7, 11) is 0. The topological polar surface area (TPSA) is 90.7 Å². The van der Waals surface area contributed by atoms with E-state index in [-0.39, 0.29) is 5.91 Å². The molecule has 1 heterocycles. The number of nitrogens with one attached hydrogen (secondary N) is 1. The van der Waals surface area contributed by atoms with Crippen LogP contribution in [0.3, 0.4) is 0 Å². The number of primary amides is 1. The Hall–Kier alpha value is -2.73. The van der Waals surface area contributed by atoms with Gasteiger partial charge in [0.1, 0.15) is 0 Å². The zero-order valence-corrected chi connectivity index (χ0v) is 13.4. The third-order valence-corrected chi connectivity index (χ3v) is 3.77. The predicted octanol–water partition coefficient (Wildman–Crippen LogP) is 2.85. The van der Waals surface area contributed by atoms with Gasteiger partial charge in [0.25, 0.3) is 5.91 Å². The van der Waals surface area contributed by atoms with Crippen LogP contribution in [0.1, 0.15) is 27.1 Å². The molecule has 0 saturated heterocycles. The molecule has 3 N–H and O–H groups in total. The van der Waals surface area contributed by atoms with Crippen molar-refractivity contribution in [3.05, 3.63) is 52.5 Å². The number of anilines is 1. The molecule has 24 heavy (non-hydrogen) atoms. The summed E-state index contributed by atoms with van der Waals surface area (Å²) >= 11 is 6.19. The van der Waals surface area contributed by atoms with E-state index in [4.69, 9.17) is 26.8 Å². The number of amides is 2. The molecular weight excluding hydrogens is 332 g/mol. The van der Waals surface area contributed by atoms with Gasteiger partial charge in [-0.2, -0.15) is 0 Å². The minimum Gasteiger partial charge on any atom is -0.489 e. The summed E-state index contributed by atoms with van der Waals surface area (Å²) in [6.45, 7) is 1.02. The van der Waals surface area contributed by atoms with Crippen molar-refractivity contribution in [3.8, 4) is 11.5 Å². The van der Waals surface area contributed by atoms with Crippen LogP contribution in [-0.2, 0) is 0 Å². The fraction of sp³-hybridized carbons (Fsp3) is 0.176. The van der Waals surface area contributed by atoms with Gasteiger partial charge in [0.15, 0.2) is 11.5 Å². The summed E-state index contributed by atoms with van der Waals surface area (Å²) in [5.74, 6) is 0.0349. The smallest absolute Gasteiger partial charge is 0.255 e. The SMILES string of the molecule is NC(=O)c1ccc(NC(=O)c2cc(Cl)c3c(c2)OCCCO3)cc1. The molecule has 0 aliphatic carbocycles. The number of carbonyl (C=O) groups is 2. The average molecular weight is 347 g/mol. The first kappa shape index (κ1) is 16.1.